The SMILES string of the molecule is CCCC[C@H](F)C(=O)O[C@H]1CC[C@H](COc2ccc(OC[C@H]3CC[C@H](OC(=O)[C@@H](F)CCCC)CC3)c(F)c2)CC1. The molecule has 0 saturated heterocycles. The van der Waals surface area contributed by atoms with Crippen LogP contribution in [-0.2, 0) is 19.1 Å². The lowest BCUT2D eigenvalue weighted by molar-refractivity contribution is -0.158. The zero-order chi connectivity index (χ0) is 29.6. The molecule has 0 amide bonds. The van der Waals surface area contributed by atoms with Gasteiger partial charge in [-0.3, -0.25) is 0 Å². The Kier molecular flexibility index (Phi) is 14.1. The molecule has 2 atom stereocenters. The van der Waals surface area contributed by atoms with Crippen LogP contribution in [0.5, 0.6) is 11.5 Å². The number of rotatable bonds is 16. The van der Waals surface area contributed by atoms with Crippen molar-refractivity contribution in [1.29, 1.82) is 0 Å². The number of halogens is 3. The topological polar surface area (TPSA) is 71.1 Å². The normalized spacial score (nSPS) is 24.2. The molecule has 41 heavy (non-hydrogen) atoms. The minimum Gasteiger partial charge on any atom is -0.493 e. The average Bonchev–Trinajstić information content (AvgIpc) is 2.98. The molecular weight excluding hydrogens is 537 g/mol. The monoisotopic (exact) mass is 584 g/mol. The zero-order valence-electron chi connectivity index (χ0n) is 24.6. The largest absolute Gasteiger partial charge is 0.493 e. The molecule has 0 radical (unpaired) electrons. The number of alkyl halides is 2. The highest BCUT2D eigenvalue weighted by atomic mass is 19.1. The summed E-state index contributed by atoms with van der Waals surface area (Å²) in [6.45, 7) is 4.69. The Morgan fingerprint density at radius 2 is 1.22 bits per heavy atom. The lowest BCUT2D eigenvalue weighted by Gasteiger charge is -2.29. The summed E-state index contributed by atoms with van der Waals surface area (Å²) in [6, 6.07) is 4.58. The van der Waals surface area contributed by atoms with Crippen LogP contribution in [0.15, 0.2) is 18.2 Å². The molecule has 0 spiro atoms. The fourth-order valence-electron chi connectivity index (χ4n) is 5.42. The summed E-state index contributed by atoms with van der Waals surface area (Å²) < 4.78 is 64.7. The smallest absolute Gasteiger partial charge is 0.340 e. The lowest BCUT2D eigenvalue weighted by atomic mass is 9.88. The van der Waals surface area contributed by atoms with Crippen LogP contribution in [0.1, 0.15) is 104 Å². The first kappa shape index (κ1) is 33.1. The summed E-state index contributed by atoms with van der Waals surface area (Å²) in [6.07, 6.45) is 5.54. The number of esters is 2. The van der Waals surface area contributed by atoms with Crippen molar-refractivity contribution >= 4 is 11.9 Å². The van der Waals surface area contributed by atoms with Crippen molar-refractivity contribution < 1.29 is 41.7 Å². The van der Waals surface area contributed by atoms with Gasteiger partial charge in [0.2, 0.25) is 0 Å². The van der Waals surface area contributed by atoms with Crippen molar-refractivity contribution in [3.05, 3.63) is 24.0 Å². The summed E-state index contributed by atoms with van der Waals surface area (Å²) in [5.41, 5.74) is 0. The summed E-state index contributed by atoms with van der Waals surface area (Å²) in [5.74, 6) is -0.953. The van der Waals surface area contributed by atoms with E-state index in [-0.39, 0.29) is 42.6 Å². The van der Waals surface area contributed by atoms with Gasteiger partial charge in [-0.25, -0.2) is 22.8 Å². The predicted octanol–water partition coefficient (Wildman–Crippen LogP) is 7.84. The highest BCUT2D eigenvalue weighted by molar-refractivity contribution is 5.75. The summed E-state index contributed by atoms with van der Waals surface area (Å²) >= 11 is 0. The Morgan fingerprint density at radius 3 is 1.66 bits per heavy atom. The van der Waals surface area contributed by atoms with E-state index in [2.05, 4.69) is 0 Å². The van der Waals surface area contributed by atoms with E-state index >= 15 is 0 Å². The second-order valence-electron chi connectivity index (χ2n) is 11.6. The first-order valence-corrected chi connectivity index (χ1v) is 15.5. The molecule has 0 unspecified atom stereocenters. The van der Waals surface area contributed by atoms with E-state index in [1.165, 1.54) is 6.07 Å². The van der Waals surface area contributed by atoms with Gasteiger partial charge in [-0.1, -0.05) is 39.5 Å². The van der Waals surface area contributed by atoms with E-state index in [9.17, 15) is 22.8 Å². The van der Waals surface area contributed by atoms with E-state index in [0.29, 0.717) is 57.5 Å². The Bertz CT molecular complexity index is 928. The van der Waals surface area contributed by atoms with Crippen LogP contribution in [0.4, 0.5) is 13.2 Å². The maximum atomic E-state index is 14.7. The molecule has 9 heteroatoms. The van der Waals surface area contributed by atoms with Crippen molar-refractivity contribution in [3.63, 3.8) is 0 Å². The Hall–Kier alpha value is -2.45. The van der Waals surface area contributed by atoms with Crippen LogP contribution in [0.25, 0.3) is 0 Å². The van der Waals surface area contributed by atoms with Crippen LogP contribution < -0.4 is 9.47 Å². The highest BCUT2D eigenvalue weighted by Crippen LogP contribution is 2.31. The minimum absolute atomic E-state index is 0.162. The predicted molar refractivity (Wildman–Crippen MR) is 150 cm³/mol. The molecule has 0 N–H and O–H groups in total. The van der Waals surface area contributed by atoms with E-state index in [0.717, 1.165) is 38.5 Å². The van der Waals surface area contributed by atoms with Crippen LogP contribution in [-0.4, -0.2) is 49.7 Å². The van der Waals surface area contributed by atoms with Gasteiger partial charge in [0.05, 0.1) is 13.2 Å². The molecule has 0 aliphatic heterocycles. The zero-order valence-corrected chi connectivity index (χ0v) is 24.6. The van der Waals surface area contributed by atoms with Crippen molar-refractivity contribution in [2.75, 3.05) is 13.2 Å². The number of carbonyl (C=O) groups is 2. The second kappa shape index (κ2) is 17.5. The number of ether oxygens (including phenoxy) is 4. The van der Waals surface area contributed by atoms with Gasteiger partial charge in [-0.15, -0.1) is 0 Å². The fraction of sp³-hybridized carbons (Fsp3) is 0.750. The van der Waals surface area contributed by atoms with Gasteiger partial charge in [-0.2, -0.15) is 0 Å². The molecule has 0 heterocycles. The maximum absolute atomic E-state index is 14.7. The number of benzene rings is 1. The molecule has 232 valence electrons. The number of hydrogen-bond acceptors (Lipinski definition) is 6. The van der Waals surface area contributed by atoms with Crippen molar-refractivity contribution in [2.24, 2.45) is 11.8 Å². The molecule has 2 aliphatic carbocycles. The van der Waals surface area contributed by atoms with E-state index in [1.807, 2.05) is 13.8 Å². The van der Waals surface area contributed by atoms with Crippen molar-refractivity contribution in [1.82, 2.24) is 0 Å². The summed E-state index contributed by atoms with van der Waals surface area (Å²) in [7, 11) is 0. The molecule has 2 fully saturated rings. The Morgan fingerprint density at radius 1 is 0.756 bits per heavy atom. The van der Waals surface area contributed by atoms with E-state index < -0.39 is 30.1 Å². The van der Waals surface area contributed by atoms with Crippen LogP contribution in [0.2, 0.25) is 0 Å². The molecular formula is C32H47F3O6. The van der Waals surface area contributed by atoms with E-state index in [4.69, 9.17) is 18.9 Å². The molecule has 3 rings (SSSR count). The summed E-state index contributed by atoms with van der Waals surface area (Å²) in [4.78, 5) is 23.8. The molecule has 1 aromatic carbocycles. The Balaban J connectivity index is 1.31. The van der Waals surface area contributed by atoms with Gasteiger partial charge < -0.3 is 18.9 Å². The van der Waals surface area contributed by atoms with Gasteiger partial charge in [0, 0.05) is 6.07 Å². The van der Waals surface area contributed by atoms with Crippen molar-refractivity contribution in [2.45, 2.75) is 128 Å². The van der Waals surface area contributed by atoms with Gasteiger partial charge in [0.25, 0.3) is 0 Å². The molecule has 2 aliphatic rings. The Labute approximate surface area is 242 Å². The average molecular weight is 585 g/mol. The van der Waals surface area contributed by atoms with E-state index in [1.54, 1.807) is 12.1 Å². The molecule has 0 bridgehead atoms. The maximum Gasteiger partial charge on any atom is 0.340 e. The fourth-order valence-corrected chi connectivity index (χ4v) is 5.42. The number of carbonyl (C=O) groups excluding carboxylic acids is 2. The van der Waals surface area contributed by atoms with Crippen LogP contribution in [0.3, 0.4) is 0 Å². The number of unbranched alkanes of at least 4 members (excludes halogenated alkanes) is 2. The quantitative estimate of drug-likeness (QED) is 0.184. The first-order valence-electron chi connectivity index (χ1n) is 15.5. The molecule has 1 aromatic rings. The van der Waals surface area contributed by atoms with Crippen molar-refractivity contribution in [3.8, 4) is 11.5 Å². The lowest BCUT2D eigenvalue weighted by Crippen LogP contribution is -2.30. The minimum atomic E-state index is -1.55. The van der Waals surface area contributed by atoms with Gasteiger partial charge in [-0.05, 0) is 88.2 Å². The first-order chi connectivity index (χ1) is 19.8. The van der Waals surface area contributed by atoms with Gasteiger partial charge in [0.15, 0.2) is 23.9 Å². The van der Waals surface area contributed by atoms with Gasteiger partial charge >= 0.3 is 11.9 Å². The summed E-state index contributed by atoms with van der Waals surface area (Å²) in [5, 5.41) is 0. The third-order valence-electron chi connectivity index (χ3n) is 8.15. The van der Waals surface area contributed by atoms with Crippen LogP contribution >= 0.6 is 0 Å². The third-order valence-corrected chi connectivity index (χ3v) is 8.15. The second-order valence-corrected chi connectivity index (χ2v) is 11.6. The highest BCUT2D eigenvalue weighted by Gasteiger charge is 2.29. The molecule has 0 aromatic heterocycles. The molecule has 2 saturated carbocycles. The molecule has 6 nitrogen and oxygen atoms in total. The van der Waals surface area contributed by atoms with Crippen LogP contribution in [0, 0.1) is 17.7 Å². The van der Waals surface area contributed by atoms with Gasteiger partial charge in [0.1, 0.15) is 18.0 Å². The third kappa shape index (κ3) is 11.4. The number of hydrogen-bond donors (Lipinski definition) is 0. The standard InChI is InChI=1S/C32H47F3O6/c1-3-5-7-27(33)31(36)40-24-13-9-22(10-14-24)20-38-26-17-18-30(29(35)19-26)39-21-23-11-15-25(16-12-23)41-32(37)28(34)8-6-4-2/h17-19,22-25,27-28H,3-16,20-21H2,1-2H3/t22-,23-,24-,25-,27-,28-/m0/s1.